The van der Waals surface area contributed by atoms with E-state index in [1.807, 2.05) is 11.8 Å². The summed E-state index contributed by atoms with van der Waals surface area (Å²) in [6.45, 7) is 5.69. The Morgan fingerprint density at radius 3 is 2.58 bits per heavy atom. The van der Waals surface area contributed by atoms with E-state index in [9.17, 15) is 5.11 Å². The minimum Gasteiger partial charge on any atom is -0.346 e. The fourth-order valence-electron chi connectivity index (χ4n) is 3.62. The summed E-state index contributed by atoms with van der Waals surface area (Å²) in [4.78, 5) is 2.29. The van der Waals surface area contributed by atoms with Crippen LogP contribution in [0.15, 0.2) is 48.5 Å². The van der Waals surface area contributed by atoms with Crippen LogP contribution in [0.2, 0.25) is 0 Å². The van der Waals surface area contributed by atoms with Crippen LogP contribution < -0.4 is 4.90 Å². The fraction of sp³-hybridized carbons (Fsp3) is 0.350. The van der Waals surface area contributed by atoms with Crippen LogP contribution >= 0.6 is 11.8 Å². The molecule has 2 aromatic rings. The Labute approximate surface area is 147 Å². The third kappa shape index (κ3) is 2.45. The summed E-state index contributed by atoms with van der Waals surface area (Å²) in [5.41, 5.74) is 3.66. The number of aryl methyl sites for hydroxylation is 2. The largest absolute Gasteiger partial charge is 0.346 e. The predicted molar refractivity (Wildman–Crippen MR) is 101 cm³/mol. The van der Waals surface area contributed by atoms with Crippen LogP contribution in [0.3, 0.4) is 0 Å². The Balaban J connectivity index is 1.82. The van der Waals surface area contributed by atoms with Gasteiger partial charge in [-0.1, -0.05) is 48.0 Å². The van der Waals surface area contributed by atoms with Crippen molar-refractivity contribution in [3.8, 4) is 0 Å². The van der Waals surface area contributed by atoms with Gasteiger partial charge in [-0.3, -0.25) is 0 Å². The topological polar surface area (TPSA) is 26.5 Å². The molecule has 0 saturated heterocycles. The van der Waals surface area contributed by atoms with Crippen LogP contribution in [-0.2, 0) is 5.72 Å². The number of aliphatic hydroxyl groups is 1. The Hall–Kier alpha value is -1.78. The van der Waals surface area contributed by atoms with Crippen molar-refractivity contribution in [3.05, 3.63) is 65.2 Å². The molecule has 1 atom stereocenters. The summed E-state index contributed by atoms with van der Waals surface area (Å²) in [6.07, 6.45) is 1.10. The lowest BCUT2D eigenvalue weighted by Crippen LogP contribution is -2.41. The van der Waals surface area contributed by atoms with Crippen LogP contribution in [-0.4, -0.2) is 33.7 Å². The zero-order valence-corrected chi connectivity index (χ0v) is 15.0. The summed E-state index contributed by atoms with van der Waals surface area (Å²) >= 11 is 1.85. The lowest BCUT2D eigenvalue weighted by molar-refractivity contribution is -0.656. The lowest BCUT2D eigenvalue weighted by Gasteiger charge is -2.24. The van der Waals surface area contributed by atoms with Crippen molar-refractivity contribution < 1.29 is 9.68 Å². The van der Waals surface area contributed by atoms with Crippen molar-refractivity contribution in [3.63, 3.8) is 0 Å². The van der Waals surface area contributed by atoms with E-state index >= 15 is 0 Å². The van der Waals surface area contributed by atoms with Crippen molar-refractivity contribution in [1.82, 2.24) is 0 Å². The van der Waals surface area contributed by atoms with Gasteiger partial charge in [0.1, 0.15) is 5.69 Å². The van der Waals surface area contributed by atoms with Crippen molar-refractivity contribution in [2.45, 2.75) is 26.0 Å². The number of β-amino-alcohol motifs (C(OH)–C–C–N with tert-alkyl or cyclic N) is 1. The quantitative estimate of drug-likeness (QED) is 0.849. The van der Waals surface area contributed by atoms with Gasteiger partial charge in [-0.15, -0.1) is 0 Å². The Bertz CT molecular complexity index is 800. The number of para-hydroxylation sites is 1. The van der Waals surface area contributed by atoms with E-state index in [2.05, 4.69) is 71.9 Å². The molecule has 0 aliphatic carbocycles. The summed E-state index contributed by atoms with van der Waals surface area (Å²) in [7, 11) is 0. The molecule has 0 spiro atoms. The van der Waals surface area contributed by atoms with Crippen LogP contribution in [0.4, 0.5) is 5.69 Å². The molecule has 2 aliphatic heterocycles. The first-order valence-electron chi connectivity index (χ1n) is 8.50. The number of amidine groups is 1. The lowest BCUT2D eigenvalue weighted by atomic mass is 10.0. The molecule has 24 heavy (non-hydrogen) atoms. The molecule has 0 unspecified atom stereocenters. The molecule has 4 heteroatoms. The van der Waals surface area contributed by atoms with Gasteiger partial charge in [0, 0.05) is 11.3 Å². The smallest absolute Gasteiger partial charge is 0.316 e. The highest BCUT2D eigenvalue weighted by Crippen LogP contribution is 2.38. The van der Waals surface area contributed by atoms with Gasteiger partial charge in [0.2, 0.25) is 0 Å². The van der Waals surface area contributed by atoms with Crippen molar-refractivity contribution >= 4 is 22.6 Å². The van der Waals surface area contributed by atoms with Crippen LogP contribution in [0.1, 0.15) is 23.1 Å². The third-order valence-electron chi connectivity index (χ3n) is 4.96. The summed E-state index contributed by atoms with van der Waals surface area (Å²) in [5.74, 6) is 1.11. The maximum atomic E-state index is 11.6. The molecule has 2 aliphatic rings. The molecule has 0 radical (unpaired) electrons. The first-order chi connectivity index (χ1) is 11.6. The van der Waals surface area contributed by atoms with Crippen molar-refractivity contribution in [1.29, 1.82) is 0 Å². The van der Waals surface area contributed by atoms with Gasteiger partial charge in [0.25, 0.3) is 5.72 Å². The van der Waals surface area contributed by atoms with E-state index in [0.29, 0.717) is 6.54 Å². The first-order valence-corrected chi connectivity index (χ1v) is 9.48. The van der Waals surface area contributed by atoms with Crippen LogP contribution in [0.25, 0.3) is 0 Å². The van der Waals surface area contributed by atoms with E-state index in [1.165, 1.54) is 22.0 Å². The molecule has 0 aromatic heterocycles. The van der Waals surface area contributed by atoms with E-state index in [1.54, 1.807) is 0 Å². The minimum atomic E-state index is -0.960. The number of rotatable bonds is 2. The van der Waals surface area contributed by atoms with Gasteiger partial charge < -0.3 is 5.11 Å². The Morgan fingerprint density at radius 1 is 1.08 bits per heavy atom. The van der Waals surface area contributed by atoms with Gasteiger partial charge in [0.05, 0.1) is 6.54 Å². The summed E-state index contributed by atoms with van der Waals surface area (Å²) < 4.78 is 2.19. The number of hydrogen-bond donors (Lipinski definition) is 1. The molecule has 3 nitrogen and oxygen atoms in total. The molecule has 2 heterocycles. The van der Waals surface area contributed by atoms with E-state index < -0.39 is 5.72 Å². The highest BCUT2D eigenvalue weighted by atomic mass is 32.2. The number of anilines is 1. The molecular formula is C20H23N2OS+. The predicted octanol–water partition coefficient (Wildman–Crippen LogP) is 3.47. The molecule has 0 bridgehead atoms. The van der Waals surface area contributed by atoms with Gasteiger partial charge >= 0.3 is 5.17 Å². The maximum Gasteiger partial charge on any atom is 0.316 e. The molecule has 1 N–H and O–H groups in total. The fourth-order valence-corrected chi connectivity index (χ4v) is 4.79. The highest BCUT2D eigenvalue weighted by molar-refractivity contribution is 8.13. The second-order valence-corrected chi connectivity index (χ2v) is 7.75. The Kier molecular flexibility index (Phi) is 3.89. The number of hydrogen-bond acceptors (Lipinski definition) is 3. The third-order valence-corrected chi connectivity index (χ3v) is 6.16. The zero-order chi connectivity index (χ0) is 16.7. The Morgan fingerprint density at radius 2 is 1.83 bits per heavy atom. The normalized spacial score (nSPS) is 23.5. The molecule has 4 rings (SSSR count). The van der Waals surface area contributed by atoms with Gasteiger partial charge in [-0.25, -0.2) is 9.48 Å². The molecule has 124 valence electrons. The molecule has 0 amide bonds. The molecule has 0 saturated carbocycles. The maximum absolute atomic E-state index is 11.6. The summed E-state index contributed by atoms with van der Waals surface area (Å²) in [6, 6.07) is 16.7. The average Bonchev–Trinajstić information content (AvgIpc) is 2.90. The first kappa shape index (κ1) is 15.7. The second-order valence-electron chi connectivity index (χ2n) is 6.69. The molecule has 0 fully saturated rings. The number of nitrogens with zero attached hydrogens (tertiary/aromatic N) is 2. The highest BCUT2D eigenvalue weighted by Gasteiger charge is 2.53. The van der Waals surface area contributed by atoms with Gasteiger partial charge in [-0.2, -0.15) is 0 Å². The van der Waals surface area contributed by atoms with E-state index in [0.717, 1.165) is 24.3 Å². The number of benzene rings is 2. The summed E-state index contributed by atoms with van der Waals surface area (Å²) in [5, 5.41) is 12.8. The van der Waals surface area contributed by atoms with Gasteiger partial charge in [-0.05, 0) is 43.7 Å². The monoisotopic (exact) mass is 339 g/mol. The standard InChI is InChI=1S/C20H23N2OS/c1-15-8-10-17(11-9-15)20(23)14-21(18-7-4-3-6-16(18)2)19-22(20)12-5-13-24-19/h3-4,6-11,23H,5,12-14H2,1-2H3/q+1/t20-/m0/s1. The van der Waals surface area contributed by atoms with Gasteiger partial charge in [0.15, 0.2) is 6.54 Å². The second kappa shape index (κ2) is 5.94. The molecular weight excluding hydrogens is 316 g/mol. The van der Waals surface area contributed by atoms with E-state index in [-0.39, 0.29) is 0 Å². The SMILES string of the molecule is Cc1ccc([C@@]2(O)CN(c3ccccc3C)C3=[N+]2CCCS3)cc1. The van der Waals surface area contributed by atoms with Crippen molar-refractivity contribution in [2.24, 2.45) is 0 Å². The number of thioether (sulfide) groups is 1. The minimum absolute atomic E-state index is 0.573. The van der Waals surface area contributed by atoms with Crippen LogP contribution in [0, 0.1) is 13.8 Å². The average molecular weight is 339 g/mol. The van der Waals surface area contributed by atoms with Crippen molar-refractivity contribution in [2.75, 3.05) is 23.7 Å². The molecule has 2 aromatic carbocycles. The van der Waals surface area contributed by atoms with E-state index in [4.69, 9.17) is 0 Å². The zero-order valence-electron chi connectivity index (χ0n) is 14.2. The van der Waals surface area contributed by atoms with Crippen LogP contribution in [0.5, 0.6) is 0 Å².